The van der Waals surface area contributed by atoms with E-state index in [4.69, 9.17) is 10.6 Å². The van der Waals surface area contributed by atoms with E-state index in [0.717, 1.165) is 31.0 Å². The minimum absolute atomic E-state index is 0.393. The molecule has 1 heterocycles. The molecule has 1 aliphatic carbocycles. The van der Waals surface area contributed by atoms with Gasteiger partial charge in [-0.1, -0.05) is 0 Å². The van der Waals surface area contributed by atoms with Crippen molar-refractivity contribution >= 4 is 11.6 Å². The second-order valence-electron chi connectivity index (χ2n) is 4.94. The smallest absolute Gasteiger partial charge is 0.148 e. The average Bonchev–Trinajstić information content (AvgIpc) is 3.16. The zero-order valence-corrected chi connectivity index (χ0v) is 11.0. The lowest BCUT2D eigenvalue weighted by Gasteiger charge is -2.17. The van der Waals surface area contributed by atoms with Gasteiger partial charge in [0.1, 0.15) is 18.0 Å². The minimum Gasteiger partial charge on any atom is -0.385 e. The first-order chi connectivity index (χ1) is 8.71. The second kappa shape index (κ2) is 5.49. The molecule has 0 spiro atoms. The molecule has 1 aromatic rings. The number of hydrogen-bond acceptors (Lipinski definition) is 6. The van der Waals surface area contributed by atoms with Crippen molar-refractivity contribution in [1.82, 2.24) is 9.97 Å². The van der Waals surface area contributed by atoms with Crippen LogP contribution in [0.15, 0.2) is 6.33 Å². The van der Waals surface area contributed by atoms with Crippen LogP contribution >= 0.6 is 0 Å². The molecule has 0 saturated heterocycles. The fraction of sp³-hybridized carbons (Fsp3) is 0.667. The van der Waals surface area contributed by atoms with Gasteiger partial charge in [-0.3, -0.25) is 0 Å². The molecule has 18 heavy (non-hydrogen) atoms. The summed E-state index contributed by atoms with van der Waals surface area (Å²) >= 11 is 0. The lowest BCUT2D eigenvalue weighted by Crippen LogP contribution is -2.19. The van der Waals surface area contributed by atoms with Crippen LogP contribution in [0.1, 0.15) is 24.8 Å². The van der Waals surface area contributed by atoms with Crippen LogP contribution in [0.5, 0.6) is 0 Å². The van der Waals surface area contributed by atoms with E-state index in [-0.39, 0.29) is 0 Å². The number of nitrogen functional groups attached to an aromatic ring is 1. The van der Waals surface area contributed by atoms with E-state index in [2.05, 4.69) is 20.7 Å². The van der Waals surface area contributed by atoms with Gasteiger partial charge in [-0.2, -0.15) is 0 Å². The molecule has 2 rings (SSSR count). The predicted molar refractivity (Wildman–Crippen MR) is 71.2 cm³/mol. The first-order valence-electron chi connectivity index (χ1n) is 6.22. The molecule has 1 aliphatic rings. The quantitative estimate of drug-likeness (QED) is 0.500. The Morgan fingerprint density at radius 3 is 2.72 bits per heavy atom. The van der Waals surface area contributed by atoms with Gasteiger partial charge in [-0.15, -0.1) is 0 Å². The monoisotopic (exact) mass is 251 g/mol. The van der Waals surface area contributed by atoms with Crippen LogP contribution in [-0.2, 0) is 4.74 Å². The fourth-order valence-corrected chi connectivity index (χ4v) is 2.06. The Kier molecular flexibility index (Phi) is 3.98. The van der Waals surface area contributed by atoms with Gasteiger partial charge >= 0.3 is 0 Å². The lowest BCUT2D eigenvalue weighted by molar-refractivity contribution is 0.175. The van der Waals surface area contributed by atoms with E-state index in [1.165, 1.54) is 19.2 Å². The van der Waals surface area contributed by atoms with Gasteiger partial charge in [0.05, 0.1) is 0 Å². The lowest BCUT2D eigenvalue weighted by atomic mass is 10.0. The molecule has 6 heteroatoms. The maximum Gasteiger partial charge on any atom is 0.148 e. The summed E-state index contributed by atoms with van der Waals surface area (Å²) in [4.78, 5) is 8.31. The highest BCUT2D eigenvalue weighted by molar-refractivity contribution is 5.55. The van der Waals surface area contributed by atoms with Crippen LogP contribution in [0.25, 0.3) is 0 Å². The number of nitrogens with zero attached hydrogens (tertiary/aromatic N) is 2. The summed E-state index contributed by atoms with van der Waals surface area (Å²) < 4.78 is 5.15. The molecular formula is C12H21N5O. The van der Waals surface area contributed by atoms with Crippen LogP contribution in [0, 0.1) is 12.3 Å². The van der Waals surface area contributed by atoms with Crippen LogP contribution < -0.4 is 16.6 Å². The first kappa shape index (κ1) is 13.0. The maximum atomic E-state index is 5.39. The van der Waals surface area contributed by atoms with Crippen molar-refractivity contribution in [2.75, 3.05) is 31.0 Å². The molecule has 1 aromatic heterocycles. The number of ether oxygens (including phenoxy) is 1. The number of hydrazine groups is 1. The summed E-state index contributed by atoms with van der Waals surface area (Å²) in [6.45, 7) is 3.70. The van der Waals surface area contributed by atoms with Crippen molar-refractivity contribution in [2.45, 2.75) is 26.2 Å². The predicted octanol–water partition coefficient (Wildman–Crippen LogP) is 1.30. The van der Waals surface area contributed by atoms with Crippen molar-refractivity contribution < 1.29 is 4.74 Å². The third kappa shape index (κ3) is 2.88. The largest absolute Gasteiger partial charge is 0.385 e. The number of aromatic nitrogens is 2. The highest BCUT2D eigenvalue weighted by Gasteiger charge is 2.41. The van der Waals surface area contributed by atoms with Gasteiger partial charge in [0, 0.05) is 25.8 Å². The second-order valence-corrected chi connectivity index (χ2v) is 4.94. The number of rotatable bonds is 7. The van der Waals surface area contributed by atoms with Crippen molar-refractivity contribution in [3.63, 3.8) is 0 Å². The van der Waals surface area contributed by atoms with Crippen molar-refractivity contribution in [3.05, 3.63) is 11.9 Å². The van der Waals surface area contributed by atoms with Crippen molar-refractivity contribution in [2.24, 2.45) is 11.3 Å². The SMILES string of the molecule is COCCC1(CNc2ncnc(NN)c2C)CC1. The molecule has 0 aliphatic heterocycles. The highest BCUT2D eigenvalue weighted by atomic mass is 16.5. The Labute approximate surface area is 107 Å². The van der Waals surface area contributed by atoms with Crippen molar-refractivity contribution in [1.29, 1.82) is 0 Å². The topological polar surface area (TPSA) is 85.1 Å². The van der Waals surface area contributed by atoms with Crippen LogP contribution in [0.2, 0.25) is 0 Å². The Hall–Kier alpha value is -1.40. The molecule has 0 amide bonds. The van der Waals surface area contributed by atoms with Gasteiger partial charge in [0.2, 0.25) is 0 Å². The molecule has 0 unspecified atom stereocenters. The third-order valence-corrected chi connectivity index (χ3v) is 3.65. The Morgan fingerprint density at radius 1 is 1.39 bits per heavy atom. The number of anilines is 2. The van der Waals surface area contributed by atoms with E-state index in [1.54, 1.807) is 7.11 Å². The van der Waals surface area contributed by atoms with Crippen LogP contribution in [-0.4, -0.2) is 30.2 Å². The summed E-state index contributed by atoms with van der Waals surface area (Å²) in [6, 6.07) is 0. The van der Waals surface area contributed by atoms with E-state index >= 15 is 0 Å². The first-order valence-corrected chi connectivity index (χ1v) is 6.22. The minimum atomic E-state index is 0.393. The summed E-state index contributed by atoms with van der Waals surface area (Å²) in [6.07, 6.45) is 5.13. The fourth-order valence-electron chi connectivity index (χ4n) is 2.06. The number of hydrogen-bond donors (Lipinski definition) is 3. The molecule has 0 aromatic carbocycles. The van der Waals surface area contributed by atoms with Crippen LogP contribution in [0.4, 0.5) is 11.6 Å². The van der Waals surface area contributed by atoms with Gasteiger partial charge < -0.3 is 15.5 Å². The summed E-state index contributed by atoms with van der Waals surface area (Å²) in [5, 5.41) is 3.40. The molecule has 6 nitrogen and oxygen atoms in total. The van der Waals surface area contributed by atoms with E-state index in [1.807, 2.05) is 6.92 Å². The number of nitrogens with two attached hydrogens (primary N) is 1. The standard InChI is InChI=1S/C12H21N5O/c1-9-10(15-8-16-11(9)17-13)14-7-12(3-4-12)5-6-18-2/h8H,3-7,13H2,1-2H3,(H2,14,15,16,17). The summed E-state index contributed by atoms with van der Waals surface area (Å²) in [5.41, 5.74) is 3.91. The van der Waals surface area contributed by atoms with Gasteiger partial charge in [-0.05, 0) is 31.6 Å². The Bertz CT molecular complexity index is 405. The number of methoxy groups -OCH3 is 1. The number of nitrogens with one attached hydrogen (secondary N) is 2. The zero-order valence-electron chi connectivity index (χ0n) is 11.0. The average molecular weight is 251 g/mol. The Balaban J connectivity index is 1.94. The summed E-state index contributed by atoms with van der Waals surface area (Å²) in [5.74, 6) is 6.91. The molecule has 4 N–H and O–H groups in total. The van der Waals surface area contributed by atoms with Gasteiger partial charge in [0.25, 0.3) is 0 Å². The van der Waals surface area contributed by atoms with E-state index < -0.39 is 0 Å². The molecule has 100 valence electrons. The zero-order chi connectivity index (χ0) is 13.0. The molecule has 0 atom stereocenters. The molecule has 1 saturated carbocycles. The van der Waals surface area contributed by atoms with E-state index in [0.29, 0.717) is 11.2 Å². The summed E-state index contributed by atoms with van der Waals surface area (Å²) in [7, 11) is 1.75. The highest BCUT2D eigenvalue weighted by Crippen LogP contribution is 2.48. The molecular weight excluding hydrogens is 230 g/mol. The van der Waals surface area contributed by atoms with Crippen LogP contribution in [0.3, 0.4) is 0 Å². The normalized spacial score (nSPS) is 16.4. The molecule has 1 fully saturated rings. The van der Waals surface area contributed by atoms with E-state index in [9.17, 15) is 0 Å². The third-order valence-electron chi connectivity index (χ3n) is 3.65. The van der Waals surface area contributed by atoms with Crippen molar-refractivity contribution in [3.8, 4) is 0 Å². The molecule has 0 bridgehead atoms. The van der Waals surface area contributed by atoms with Gasteiger partial charge in [0.15, 0.2) is 0 Å². The van der Waals surface area contributed by atoms with Gasteiger partial charge in [-0.25, -0.2) is 15.8 Å². The maximum absolute atomic E-state index is 5.39. The Morgan fingerprint density at radius 2 is 2.11 bits per heavy atom. The molecule has 0 radical (unpaired) electrons.